The van der Waals surface area contributed by atoms with E-state index in [-0.39, 0.29) is 22.5 Å². The number of hydrogen-bond donors (Lipinski definition) is 2. The highest BCUT2D eigenvalue weighted by Gasteiger charge is 2.53. The number of rotatable bonds is 2. The summed E-state index contributed by atoms with van der Waals surface area (Å²) in [6.45, 7) is 1.88. The lowest BCUT2D eigenvalue weighted by Crippen LogP contribution is -2.33. The molecule has 2 N–H and O–H groups in total. The van der Waals surface area contributed by atoms with E-state index in [1.807, 2.05) is 0 Å². The number of hydrogen-bond acceptors (Lipinski definition) is 2. The summed E-state index contributed by atoms with van der Waals surface area (Å²) in [5, 5.41) is 6.08. The summed E-state index contributed by atoms with van der Waals surface area (Å²) < 4.78 is 13.6. The van der Waals surface area contributed by atoms with E-state index in [0.29, 0.717) is 11.8 Å². The lowest BCUT2D eigenvalue weighted by Gasteiger charge is -2.08. The Kier molecular flexibility index (Phi) is 2.56. The number of carbonyl (C=O) groups excluding carboxylic acids is 1. The second-order valence-electron chi connectivity index (χ2n) is 4.59. The van der Waals surface area contributed by atoms with Crippen LogP contribution in [0.25, 0.3) is 0 Å². The monoisotopic (exact) mass is 254 g/mol. The highest BCUT2D eigenvalue weighted by molar-refractivity contribution is 6.31. The van der Waals surface area contributed by atoms with Gasteiger partial charge in [0.05, 0.1) is 10.6 Å². The zero-order chi connectivity index (χ0) is 12.0. The summed E-state index contributed by atoms with van der Waals surface area (Å²) in [7, 11) is 0. The Hall–Kier alpha value is -1.13. The molecule has 1 aliphatic heterocycles. The van der Waals surface area contributed by atoms with Gasteiger partial charge in [-0.05, 0) is 24.0 Å². The van der Waals surface area contributed by atoms with Crippen molar-refractivity contribution in [2.45, 2.75) is 6.04 Å². The summed E-state index contributed by atoms with van der Waals surface area (Å²) in [5.74, 6) is 0.0161. The summed E-state index contributed by atoms with van der Waals surface area (Å²) in [6, 6.07) is 4.66. The molecule has 1 aromatic rings. The molecular formula is C12H12ClFN2O. The minimum Gasteiger partial charge on any atom is -0.349 e. The van der Waals surface area contributed by atoms with Crippen molar-refractivity contribution >= 4 is 17.5 Å². The molecule has 1 amide bonds. The number of carbonyl (C=O) groups is 1. The molecule has 0 radical (unpaired) electrons. The number of fused-ring (bicyclic) bond motifs is 1. The highest BCUT2D eigenvalue weighted by atomic mass is 35.5. The van der Waals surface area contributed by atoms with E-state index in [9.17, 15) is 9.18 Å². The predicted molar refractivity (Wildman–Crippen MR) is 62.5 cm³/mol. The molecule has 90 valence electrons. The molecule has 2 aliphatic rings. The molecular weight excluding hydrogens is 243 g/mol. The quantitative estimate of drug-likeness (QED) is 0.838. The first kappa shape index (κ1) is 11.0. The summed E-state index contributed by atoms with van der Waals surface area (Å²) >= 11 is 5.64. The van der Waals surface area contributed by atoms with Gasteiger partial charge in [-0.2, -0.15) is 0 Å². The van der Waals surface area contributed by atoms with Crippen LogP contribution in [-0.4, -0.2) is 25.0 Å². The predicted octanol–water partition coefficient (Wildman–Crippen LogP) is 1.43. The zero-order valence-electron chi connectivity index (χ0n) is 9.04. The second kappa shape index (κ2) is 3.96. The van der Waals surface area contributed by atoms with E-state index in [1.165, 1.54) is 12.1 Å². The Balaban J connectivity index is 1.72. The number of amides is 1. The fourth-order valence-electron chi connectivity index (χ4n) is 2.54. The molecule has 2 fully saturated rings. The van der Waals surface area contributed by atoms with Crippen LogP contribution in [0.15, 0.2) is 18.2 Å². The number of halogens is 2. The average molecular weight is 255 g/mol. The van der Waals surface area contributed by atoms with Gasteiger partial charge in [-0.1, -0.05) is 17.7 Å². The third-order valence-electron chi connectivity index (χ3n) is 3.59. The lowest BCUT2D eigenvalue weighted by molar-refractivity contribution is 0.0942. The Labute approximate surface area is 103 Å². The van der Waals surface area contributed by atoms with Crippen molar-refractivity contribution in [3.63, 3.8) is 0 Å². The van der Waals surface area contributed by atoms with Gasteiger partial charge in [0.1, 0.15) is 0 Å². The summed E-state index contributed by atoms with van der Waals surface area (Å²) in [5.41, 5.74) is 0.0235. The van der Waals surface area contributed by atoms with E-state index in [2.05, 4.69) is 10.6 Å². The molecule has 2 unspecified atom stereocenters. The second-order valence-corrected chi connectivity index (χ2v) is 4.99. The SMILES string of the molecule is O=C(NC1C2CNCC21)c1cccc(Cl)c1F. The van der Waals surface area contributed by atoms with Crippen LogP contribution < -0.4 is 10.6 Å². The van der Waals surface area contributed by atoms with Crippen LogP contribution in [0.3, 0.4) is 0 Å². The number of piperidine rings is 1. The van der Waals surface area contributed by atoms with Gasteiger partial charge in [-0.3, -0.25) is 4.79 Å². The molecule has 3 rings (SSSR count). The molecule has 1 saturated heterocycles. The first-order valence-electron chi connectivity index (χ1n) is 5.64. The first-order chi connectivity index (χ1) is 8.18. The van der Waals surface area contributed by atoms with Crippen LogP contribution in [-0.2, 0) is 0 Å². The lowest BCUT2D eigenvalue weighted by atomic mass is 10.2. The summed E-state index contributed by atoms with van der Waals surface area (Å²) in [4.78, 5) is 11.9. The average Bonchev–Trinajstić information content (AvgIpc) is 2.76. The fourth-order valence-corrected chi connectivity index (χ4v) is 2.72. The van der Waals surface area contributed by atoms with Crippen molar-refractivity contribution in [2.75, 3.05) is 13.1 Å². The molecule has 2 atom stereocenters. The topological polar surface area (TPSA) is 41.1 Å². The number of benzene rings is 1. The largest absolute Gasteiger partial charge is 0.349 e. The smallest absolute Gasteiger partial charge is 0.254 e. The Bertz CT molecular complexity index is 470. The van der Waals surface area contributed by atoms with E-state index >= 15 is 0 Å². The van der Waals surface area contributed by atoms with Crippen LogP contribution in [0.1, 0.15) is 10.4 Å². The van der Waals surface area contributed by atoms with Crippen molar-refractivity contribution in [1.82, 2.24) is 10.6 Å². The van der Waals surface area contributed by atoms with Gasteiger partial charge >= 0.3 is 0 Å². The minimum absolute atomic E-state index is 0.0182. The Morgan fingerprint density at radius 2 is 2.12 bits per heavy atom. The van der Waals surface area contributed by atoms with Gasteiger partial charge in [0.15, 0.2) is 5.82 Å². The van der Waals surface area contributed by atoms with Crippen molar-refractivity contribution in [3.05, 3.63) is 34.6 Å². The van der Waals surface area contributed by atoms with Gasteiger partial charge in [0, 0.05) is 19.1 Å². The van der Waals surface area contributed by atoms with Crippen LogP contribution in [0, 0.1) is 17.7 Å². The maximum atomic E-state index is 13.6. The summed E-state index contributed by atoms with van der Waals surface area (Å²) in [6.07, 6.45) is 0. The van der Waals surface area contributed by atoms with Crippen molar-refractivity contribution < 1.29 is 9.18 Å². The normalized spacial score (nSPS) is 29.9. The number of nitrogens with one attached hydrogen (secondary N) is 2. The molecule has 5 heteroatoms. The molecule has 1 aromatic carbocycles. The van der Waals surface area contributed by atoms with Gasteiger partial charge in [0.2, 0.25) is 0 Å². The molecule has 17 heavy (non-hydrogen) atoms. The van der Waals surface area contributed by atoms with E-state index < -0.39 is 5.82 Å². The highest BCUT2D eigenvalue weighted by Crippen LogP contribution is 2.41. The fraction of sp³-hybridized carbons (Fsp3) is 0.417. The van der Waals surface area contributed by atoms with Crippen LogP contribution in [0.5, 0.6) is 0 Å². The standard InChI is InChI=1S/C12H12ClFN2O/c13-9-3-1-2-6(10(9)14)12(17)16-11-7-4-15-5-8(7)11/h1-3,7-8,11,15H,4-5H2,(H,16,17). The molecule has 0 spiro atoms. The zero-order valence-corrected chi connectivity index (χ0v) is 9.80. The van der Waals surface area contributed by atoms with E-state index in [0.717, 1.165) is 13.1 Å². The van der Waals surface area contributed by atoms with Gasteiger partial charge < -0.3 is 10.6 Å². The van der Waals surface area contributed by atoms with Gasteiger partial charge in [-0.25, -0.2) is 4.39 Å². The van der Waals surface area contributed by atoms with Crippen molar-refractivity contribution in [1.29, 1.82) is 0 Å². The first-order valence-corrected chi connectivity index (χ1v) is 6.02. The van der Waals surface area contributed by atoms with Crippen LogP contribution in [0.4, 0.5) is 4.39 Å². The van der Waals surface area contributed by atoms with Gasteiger partial charge in [0.25, 0.3) is 5.91 Å². The third-order valence-corrected chi connectivity index (χ3v) is 3.88. The Morgan fingerprint density at radius 1 is 1.41 bits per heavy atom. The van der Waals surface area contributed by atoms with E-state index in [1.54, 1.807) is 6.07 Å². The van der Waals surface area contributed by atoms with Crippen LogP contribution in [0.2, 0.25) is 5.02 Å². The van der Waals surface area contributed by atoms with Crippen molar-refractivity contribution in [3.8, 4) is 0 Å². The maximum Gasteiger partial charge on any atom is 0.254 e. The molecule has 3 nitrogen and oxygen atoms in total. The van der Waals surface area contributed by atoms with Crippen LogP contribution >= 0.6 is 11.6 Å². The molecule has 1 aliphatic carbocycles. The maximum absolute atomic E-state index is 13.6. The molecule has 0 bridgehead atoms. The molecule has 0 aromatic heterocycles. The third kappa shape index (κ3) is 1.81. The minimum atomic E-state index is -0.643. The molecule has 1 heterocycles. The Morgan fingerprint density at radius 3 is 2.82 bits per heavy atom. The van der Waals surface area contributed by atoms with Gasteiger partial charge in [-0.15, -0.1) is 0 Å². The van der Waals surface area contributed by atoms with E-state index in [4.69, 9.17) is 11.6 Å². The van der Waals surface area contributed by atoms with Crippen molar-refractivity contribution in [2.24, 2.45) is 11.8 Å². The molecule has 1 saturated carbocycles.